The van der Waals surface area contributed by atoms with Crippen molar-refractivity contribution in [2.75, 3.05) is 4.90 Å². The van der Waals surface area contributed by atoms with E-state index in [1.807, 2.05) is 18.2 Å². The lowest BCUT2D eigenvalue weighted by Gasteiger charge is -2.28. The Morgan fingerprint density at radius 2 is 1.75 bits per heavy atom. The first-order chi connectivity index (χ1) is 9.58. The second-order valence-electron chi connectivity index (χ2n) is 5.33. The highest BCUT2D eigenvalue weighted by molar-refractivity contribution is 5.41. The third-order valence-corrected chi connectivity index (χ3v) is 3.37. The largest absolute Gasteiger partial charge is 0.389 e. The van der Waals surface area contributed by atoms with Gasteiger partial charge in [-0.2, -0.15) is 0 Å². The van der Waals surface area contributed by atoms with Crippen LogP contribution < -0.4 is 4.90 Å². The van der Waals surface area contributed by atoms with Crippen molar-refractivity contribution in [2.24, 2.45) is 0 Å². The van der Waals surface area contributed by atoms with Gasteiger partial charge in [-0.05, 0) is 38.0 Å². The third kappa shape index (κ3) is 3.58. The minimum atomic E-state index is -0.474. The predicted molar refractivity (Wildman–Crippen MR) is 82.6 cm³/mol. The van der Waals surface area contributed by atoms with Crippen LogP contribution in [0.3, 0.4) is 0 Å². The summed E-state index contributed by atoms with van der Waals surface area (Å²) in [7, 11) is 0. The normalized spacial score (nSPS) is 12.4. The maximum Gasteiger partial charge on any atom is 0.129 e. The topological polar surface area (TPSA) is 36.4 Å². The van der Waals surface area contributed by atoms with Gasteiger partial charge in [-0.15, -0.1) is 0 Å². The Hall–Kier alpha value is -1.87. The van der Waals surface area contributed by atoms with Crippen LogP contribution in [0.2, 0.25) is 0 Å². The van der Waals surface area contributed by atoms with Crippen molar-refractivity contribution in [3.8, 4) is 0 Å². The molecule has 0 saturated carbocycles. The van der Waals surface area contributed by atoms with Crippen LogP contribution in [-0.4, -0.2) is 16.1 Å². The van der Waals surface area contributed by atoms with E-state index in [0.717, 1.165) is 17.9 Å². The first kappa shape index (κ1) is 14.5. The molecule has 1 unspecified atom stereocenters. The number of pyridine rings is 1. The number of rotatable bonds is 5. The molecule has 2 rings (SSSR count). The van der Waals surface area contributed by atoms with Crippen molar-refractivity contribution in [3.63, 3.8) is 0 Å². The molecule has 1 aromatic carbocycles. The molecule has 0 spiro atoms. The van der Waals surface area contributed by atoms with Crippen molar-refractivity contribution in [2.45, 2.75) is 39.5 Å². The van der Waals surface area contributed by atoms with Gasteiger partial charge >= 0.3 is 0 Å². The van der Waals surface area contributed by atoms with Crippen molar-refractivity contribution in [1.29, 1.82) is 0 Å². The summed E-state index contributed by atoms with van der Waals surface area (Å²) >= 11 is 0. The Morgan fingerprint density at radius 3 is 2.25 bits per heavy atom. The number of aromatic nitrogens is 1. The van der Waals surface area contributed by atoms with Gasteiger partial charge in [0.2, 0.25) is 0 Å². The molecule has 106 valence electrons. The quantitative estimate of drug-likeness (QED) is 0.902. The molecule has 0 radical (unpaired) electrons. The Balaban J connectivity index is 2.20. The minimum absolute atomic E-state index is 0.361. The van der Waals surface area contributed by atoms with Gasteiger partial charge in [-0.3, -0.25) is 0 Å². The first-order valence-corrected chi connectivity index (χ1v) is 7.02. The number of anilines is 1. The molecule has 0 aliphatic rings. The molecule has 0 amide bonds. The zero-order valence-corrected chi connectivity index (χ0v) is 12.3. The fourth-order valence-electron chi connectivity index (χ4n) is 2.12. The summed E-state index contributed by atoms with van der Waals surface area (Å²) in [6.45, 7) is 6.90. The number of benzene rings is 1. The highest BCUT2D eigenvalue weighted by atomic mass is 16.3. The van der Waals surface area contributed by atoms with Gasteiger partial charge < -0.3 is 10.0 Å². The van der Waals surface area contributed by atoms with E-state index in [1.54, 1.807) is 13.1 Å². The highest BCUT2D eigenvalue weighted by Gasteiger charge is 2.13. The molecule has 20 heavy (non-hydrogen) atoms. The van der Waals surface area contributed by atoms with Crippen LogP contribution in [0.15, 0.2) is 48.7 Å². The van der Waals surface area contributed by atoms with Crippen LogP contribution in [0.25, 0.3) is 0 Å². The van der Waals surface area contributed by atoms with Crippen LogP contribution in [0.5, 0.6) is 0 Å². The summed E-state index contributed by atoms with van der Waals surface area (Å²) in [5, 5.41) is 9.54. The average Bonchev–Trinajstić information content (AvgIpc) is 2.45. The molecule has 0 aliphatic heterocycles. The Bertz CT molecular complexity index is 520. The molecule has 0 bridgehead atoms. The summed E-state index contributed by atoms with van der Waals surface area (Å²) in [4.78, 5) is 6.73. The van der Waals surface area contributed by atoms with E-state index in [-0.39, 0.29) is 0 Å². The number of aliphatic hydroxyl groups is 1. The smallest absolute Gasteiger partial charge is 0.129 e. The van der Waals surface area contributed by atoms with Crippen LogP contribution in [0.4, 0.5) is 5.82 Å². The Labute approximate surface area is 120 Å². The summed E-state index contributed by atoms with van der Waals surface area (Å²) in [5.41, 5.74) is 2.11. The second-order valence-corrected chi connectivity index (χ2v) is 5.33. The van der Waals surface area contributed by atoms with E-state index in [1.165, 1.54) is 5.56 Å². The van der Waals surface area contributed by atoms with Gasteiger partial charge in [0.1, 0.15) is 5.82 Å². The molecule has 0 fully saturated rings. The van der Waals surface area contributed by atoms with Gasteiger partial charge in [0.05, 0.1) is 6.10 Å². The fourth-order valence-corrected chi connectivity index (χ4v) is 2.12. The van der Waals surface area contributed by atoms with Crippen LogP contribution in [0, 0.1) is 0 Å². The number of nitrogens with zero attached hydrogens (tertiary/aromatic N) is 2. The van der Waals surface area contributed by atoms with Crippen LogP contribution in [-0.2, 0) is 6.54 Å². The van der Waals surface area contributed by atoms with Crippen molar-refractivity contribution >= 4 is 5.82 Å². The summed E-state index contributed by atoms with van der Waals surface area (Å²) < 4.78 is 0. The lowest BCUT2D eigenvalue weighted by atomic mass is 10.1. The van der Waals surface area contributed by atoms with Crippen LogP contribution in [0.1, 0.15) is 38.0 Å². The lowest BCUT2D eigenvalue weighted by Crippen LogP contribution is -2.30. The van der Waals surface area contributed by atoms with E-state index in [2.05, 4.69) is 48.0 Å². The van der Waals surface area contributed by atoms with Gasteiger partial charge in [0.25, 0.3) is 0 Å². The second kappa shape index (κ2) is 6.53. The van der Waals surface area contributed by atoms with Crippen LogP contribution >= 0.6 is 0 Å². The molecule has 1 heterocycles. The maximum atomic E-state index is 9.54. The van der Waals surface area contributed by atoms with E-state index < -0.39 is 6.10 Å². The number of aliphatic hydroxyl groups excluding tert-OH is 1. The molecule has 1 aromatic heterocycles. The summed E-state index contributed by atoms with van der Waals surface area (Å²) in [6.07, 6.45) is 1.28. The Kier molecular flexibility index (Phi) is 4.74. The molecule has 0 aliphatic carbocycles. The zero-order chi connectivity index (χ0) is 14.5. The molecule has 3 nitrogen and oxygen atoms in total. The van der Waals surface area contributed by atoms with E-state index in [0.29, 0.717) is 6.04 Å². The number of hydrogen-bond donors (Lipinski definition) is 1. The van der Waals surface area contributed by atoms with Gasteiger partial charge in [0.15, 0.2) is 0 Å². The van der Waals surface area contributed by atoms with Gasteiger partial charge in [-0.1, -0.05) is 36.4 Å². The van der Waals surface area contributed by atoms with E-state index in [4.69, 9.17) is 0 Å². The molecule has 1 N–H and O–H groups in total. The number of hydrogen-bond acceptors (Lipinski definition) is 3. The van der Waals surface area contributed by atoms with Crippen molar-refractivity contribution < 1.29 is 5.11 Å². The summed E-state index contributed by atoms with van der Waals surface area (Å²) in [5.74, 6) is 0.938. The van der Waals surface area contributed by atoms with E-state index in [9.17, 15) is 5.11 Å². The van der Waals surface area contributed by atoms with Gasteiger partial charge in [0, 0.05) is 18.8 Å². The molecule has 2 aromatic rings. The monoisotopic (exact) mass is 270 g/mol. The van der Waals surface area contributed by atoms with Crippen molar-refractivity contribution in [1.82, 2.24) is 4.98 Å². The SMILES string of the molecule is CC(O)c1ccc(N(Cc2ccccc2)C(C)C)nc1. The molecule has 3 heteroatoms. The molecule has 1 atom stereocenters. The van der Waals surface area contributed by atoms with E-state index >= 15 is 0 Å². The third-order valence-electron chi connectivity index (χ3n) is 3.37. The lowest BCUT2D eigenvalue weighted by molar-refractivity contribution is 0.199. The Morgan fingerprint density at radius 1 is 1.05 bits per heavy atom. The predicted octanol–water partition coefficient (Wildman–Crippen LogP) is 3.55. The zero-order valence-electron chi connectivity index (χ0n) is 12.3. The fraction of sp³-hybridized carbons (Fsp3) is 0.353. The van der Waals surface area contributed by atoms with Crippen molar-refractivity contribution in [3.05, 3.63) is 59.8 Å². The standard InChI is InChI=1S/C17H22N2O/c1-13(2)19(12-15-7-5-4-6-8-15)17-10-9-16(11-18-17)14(3)20/h4-11,13-14,20H,12H2,1-3H3. The maximum absolute atomic E-state index is 9.54. The molecule has 0 saturated heterocycles. The average molecular weight is 270 g/mol. The minimum Gasteiger partial charge on any atom is -0.389 e. The highest BCUT2D eigenvalue weighted by Crippen LogP contribution is 2.20. The van der Waals surface area contributed by atoms with Gasteiger partial charge in [-0.25, -0.2) is 4.98 Å². The molecular formula is C17H22N2O. The summed E-state index contributed by atoms with van der Waals surface area (Å²) in [6, 6.07) is 14.7. The first-order valence-electron chi connectivity index (χ1n) is 7.02. The molecular weight excluding hydrogens is 248 g/mol.